The molecule has 11 heteroatoms. The summed E-state index contributed by atoms with van der Waals surface area (Å²) in [5.41, 5.74) is -2.07. The molecule has 166 valence electrons. The van der Waals surface area contributed by atoms with Gasteiger partial charge in [0.2, 0.25) is 0 Å². The Hall–Kier alpha value is -2.95. The van der Waals surface area contributed by atoms with Crippen LogP contribution in [0.2, 0.25) is 0 Å². The summed E-state index contributed by atoms with van der Waals surface area (Å²) in [6.07, 6.45) is -4.18. The van der Waals surface area contributed by atoms with Crippen molar-refractivity contribution >= 4 is 16.9 Å². The van der Waals surface area contributed by atoms with E-state index >= 15 is 0 Å². The number of nitrogens with one attached hydrogen (secondary N) is 2. The predicted molar refractivity (Wildman–Crippen MR) is 102 cm³/mol. The molecule has 0 amide bonds. The Morgan fingerprint density at radius 1 is 1.19 bits per heavy atom. The van der Waals surface area contributed by atoms with Crippen LogP contribution in [0.3, 0.4) is 0 Å². The highest BCUT2D eigenvalue weighted by molar-refractivity contribution is 5.88. The molecule has 31 heavy (non-hydrogen) atoms. The van der Waals surface area contributed by atoms with Gasteiger partial charge in [0, 0.05) is 11.6 Å². The van der Waals surface area contributed by atoms with E-state index in [1.807, 2.05) is 0 Å². The Morgan fingerprint density at radius 3 is 2.68 bits per heavy atom. The first kappa shape index (κ1) is 21.3. The van der Waals surface area contributed by atoms with Gasteiger partial charge in [-0.3, -0.25) is 0 Å². The van der Waals surface area contributed by atoms with E-state index in [9.17, 15) is 22.0 Å². The number of rotatable bonds is 5. The molecule has 3 aromatic rings. The first-order chi connectivity index (χ1) is 14.5. The van der Waals surface area contributed by atoms with Crippen molar-refractivity contribution in [2.75, 3.05) is 18.5 Å². The lowest BCUT2D eigenvalue weighted by Gasteiger charge is -2.35. The highest BCUT2D eigenvalue weighted by Gasteiger charge is 2.36. The van der Waals surface area contributed by atoms with E-state index in [0.717, 1.165) is 12.4 Å². The van der Waals surface area contributed by atoms with Crippen LogP contribution >= 0.6 is 0 Å². The van der Waals surface area contributed by atoms with Crippen molar-refractivity contribution in [2.24, 2.45) is 0 Å². The van der Waals surface area contributed by atoms with Gasteiger partial charge in [0.05, 0.1) is 18.0 Å². The number of alkyl halides is 4. The van der Waals surface area contributed by atoms with E-state index < -0.39 is 35.5 Å². The van der Waals surface area contributed by atoms with Crippen LogP contribution in [0.15, 0.2) is 30.6 Å². The van der Waals surface area contributed by atoms with Gasteiger partial charge in [-0.1, -0.05) is 6.07 Å². The van der Waals surface area contributed by atoms with Crippen LogP contribution in [0.4, 0.5) is 27.8 Å². The maximum Gasteiger partial charge on any atom is 0.431 e. The molecule has 0 saturated carbocycles. The number of aromatic amines is 1. The van der Waals surface area contributed by atoms with Crippen LogP contribution in [-0.2, 0) is 10.9 Å². The zero-order valence-electron chi connectivity index (χ0n) is 16.6. The Bertz CT molecular complexity index is 1090. The summed E-state index contributed by atoms with van der Waals surface area (Å²) in [7, 11) is 0. The second-order valence-electron chi connectivity index (χ2n) is 7.85. The second kappa shape index (κ2) is 7.63. The highest BCUT2D eigenvalue weighted by Crippen LogP contribution is 2.38. The quantitative estimate of drug-likeness (QED) is 0.556. The van der Waals surface area contributed by atoms with Crippen molar-refractivity contribution < 1.29 is 31.4 Å². The number of fused-ring (bicyclic) bond motifs is 2. The number of nitrogens with zero attached hydrogens (tertiary/aromatic N) is 2. The number of anilines is 1. The van der Waals surface area contributed by atoms with Crippen LogP contribution in [0.25, 0.3) is 11.0 Å². The molecule has 0 spiro atoms. The zero-order valence-corrected chi connectivity index (χ0v) is 16.6. The molecule has 0 bridgehead atoms. The molecule has 3 heterocycles. The number of H-pyrrole nitrogens is 1. The van der Waals surface area contributed by atoms with Gasteiger partial charge in [0.25, 0.3) is 0 Å². The van der Waals surface area contributed by atoms with E-state index in [1.54, 1.807) is 0 Å². The lowest BCUT2D eigenvalue weighted by molar-refractivity contribution is -0.140. The molecular formula is C20H19F5N4O2. The third-order valence-electron chi connectivity index (χ3n) is 4.75. The van der Waals surface area contributed by atoms with Gasteiger partial charge >= 0.3 is 6.18 Å². The van der Waals surface area contributed by atoms with Crippen molar-refractivity contribution in [3.8, 4) is 5.75 Å². The van der Waals surface area contributed by atoms with Gasteiger partial charge in [-0.15, -0.1) is 0 Å². The Balaban J connectivity index is 1.72. The maximum atomic E-state index is 14.0. The average Bonchev–Trinajstić information content (AvgIpc) is 3.12. The average molecular weight is 442 g/mol. The summed E-state index contributed by atoms with van der Waals surface area (Å²) >= 11 is 0. The van der Waals surface area contributed by atoms with Crippen LogP contribution in [0.5, 0.6) is 5.75 Å². The first-order valence-corrected chi connectivity index (χ1v) is 9.41. The van der Waals surface area contributed by atoms with Crippen LogP contribution in [0, 0.1) is 5.82 Å². The third kappa shape index (κ3) is 4.55. The van der Waals surface area contributed by atoms with Crippen molar-refractivity contribution in [2.45, 2.75) is 37.8 Å². The lowest BCUT2D eigenvalue weighted by atomic mass is 9.97. The second-order valence-corrected chi connectivity index (χ2v) is 7.85. The SMILES string of the molecule is CC(C)(F)COC1COc2cc(F)ccc2C1Nc1ncnc2[nH]c(C(F)(F)F)cc12. The Kier molecular flexibility index (Phi) is 5.24. The van der Waals surface area contributed by atoms with Crippen LogP contribution < -0.4 is 10.1 Å². The maximum absolute atomic E-state index is 14.0. The standard InChI is InChI=1S/C20H19F5N4O2/c1-19(2,22)8-31-14-7-30-13-5-10(21)3-4-11(13)16(14)29-18-12-6-15(20(23,24)25)28-17(12)26-9-27-18/h3-6,9,14,16H,7-8H2,1-2H3,(H2,26,27,28,29). The fourth-order valence-corrected chi connectivity index (χ4v) is 3.33. The van der Waals surface area contributed by atoms with Crippen LogP contribution in [-0.4, -0.2) is 39.9 Å². The third-order valence-corrected chi connectivity index (χ3v) is 4.75. The summed E-state index contributed by atoms with van der Waals surface area (Å²) in [4.78, 5) is 10.2. The Morgan fingerprint density at radius 2 is 1.97 bits per heavy atom. The normalized spacial score (nSPS) is 19.2. The van der Waals surface area contributed by atoms with Gasteiger partial charge in [0.1, 0.15) is 53.4 Å². The summed E-state index contributed by atoms with van der Waals surface area (Å²) in [6.45, 7) is 2.46. The molecule has 2 N–H and O–H groups in total. The molecule has 0 fully saturated rings. The number of hydrogen-bond donors (Lipinski definition) is 2. The molecule has 1 aliphatic heterocycles. The molecule has 2 aromatic heterocycles. The van der Waals surface area contributed by atoms with Crippen molar-refractivity contribution in [3.05, 3.63) is 47.7 Å². The number of ether oxygens (including phenoxy) is 2. The molecule has 2 atom stereocenters. The van der Waals surface area contributed by atoms with Gasteiger partial charge in [0.15, 0.2) is 0 Å². The van der Waals surface area contributed by atoms with Gasteiger partial charge in [-0.25, -0.2) is 18.7 Å². The van der Waals surface area contributed by atoms with Crippen molar-refractivity contribution in [1.29, 1.82) is 0 Å². The molecule has 4 rings (SSSR count). The summed E-state index contributed by atoms with van der Waals surface area (Å²) in [5.74, 6) is -0.133. The summed E-state index contributed by atoms with van der Waals surface area (Å²) < 4.78 is 78.3. The first-order valence-electron chi connectivity index (χ1n) is 9.41. The van der Waals surface area contributed by atoms with E-state index in [2.05, 4.69) is 20.3 Å². The molecule has 0 radical (unpaired) electrons. The summed E-state index contributed by atoms with van der Waals surface area (Å²) in [6, 6.07) is 4.13. The minimum absolute atomic E-state index is 0.00132. The Labute approximate surface area is 173 Å². The van der Waals surface area contributed by atoms with Crippen molar-refractivity contribution in [3.63, 3.8) is 0 Å². The fourth-order valence-electron chi connectivity index (χ4n) is 3.33. The number of benzene rings is 1. The topological polar surface area (TPSA) is 72.1 Å². The monoisotopic (exact) mass is 442 g/mol. The van der Waals surface area contributed by atoms with E-state index in [0.29, 0.717) is 5.56 Å². The van der Waals surface area contributed by atoms with E-state index in [1.165, 1.54) is 32.0 Å². The van der Waals surface area contributed by atoms with Gasteiger partial charge in [-0.2, -0.15) is 13.2 Å². The summed E-state index contributed by atoms with van der Waals surface area (Å²) in [5, 5.41) is 3.18. The molecule has 6 nitrogen and oxygen atoms in total. The van der Waals surface area contributed by atoms with E-state index in [4.69, 9.17) is 9.47 Å². The smallest absolute Gasteiger partial charge is 0.431 e. The fraction of sp³-hybridized carbons (Fsp3) is 0.400. The highest BCUT2D eigenvalue weighted by atomic mass is 19.4. The minimum Gasteiger partial charge on any atom is -0.490 e. The van der Waals surface area contributed by atoms with Gasteiger partial charge < -0.3 is 19.8 Å². The number of hydrogen-bond acceptors (Lipinski definition) is 5. The number of halogens is 5. The largest absolute Gasteiger partial charge is 0.490 e. The molecule has 2 unspecified atom stereocenters. The molecule has 1 aliphatic rings. The van der Waals surface area contributed by atoms with Crippen molar-refractivity contribution in [1.82, 2.24) is 15.0 Å². The van der Waals surface area contributed by atoms with Gasteiger partial charge in [-0.05, 0) is 26.0 Å². The molecule has 1 aromatic carbocycles. The van der Waals surface area contributed by atoms with Crippen LogP contribution in [0.1, 0.15) is 31.1 Å². The van der Waals surface area contributed by atoms with E-state index in [-0.39, 0.29) is 35.8 Å². The number of aromatic nitrogens is 3. The lowest BCUT2D eigenvalue weighted by Crippen LogP contribution is -2.40. The predicted octanol–water partition coefficient (Wildman–Crippen LogP) is 4.79. The molecule has 0 aliphatic carbocycles. The minimum atomic E-state index is -4.58. The zero-order chi connectivity index (χ0) is 22.4. The molecular weight excluding hydrogens is 423 g/mol. The molecule has 0 saturated heterocycles.